The number of aromatic nitrogens is 4. The predicted molar refractivity (Wildman–Crippen MR) is 232 cm³/mol. The largest absolute Gasteiger partial charge is 0.469 e. The van der Waals surface area contributed by atoms with E-state index in [2.05, 4.69) is 70.6 Å². The maximum atomic E-state index is 13.5. The van der Waals surface area contributed by atoms with E-state index in [0.717, 1.165) is 92.6 Å². The number of allylic oxidation sites excluding steroid dienone is 1. The van der Waals surface area contributed by atoms with E-state index in [9.17, 15) is 14.4 Å². The molecule has 2 N–H and O–H groups in total. The van der Waals surface area contributed by atoms with E-state index in [1.165, 1.54) is 38.4 Å². The van der Waals surface area contributed by atoms with Gasteiger partial charge in [0.2, 0.25) is 0 Å². The molecular weight excluding hydrogens is 725 g/mol. The average molecular weight is 791 g/mol. The van der Waals surface area contributed by atoms with E-state index in [-0.39, 0.29) is 54.4 Å². The third kappa shape index (κ3) is 9.34. The molecule has 3 aromatic rings. The fourth-order valence-corrected chi connectivity index (χ4v) is 9.66. The summed E-state index contributed by atoms with van der Waals surface area (Å²) < 4.78 is 11.1. The molecule has 8 bridgehead atoms. The molecule has 0 spiro atoms. The molecule has 0 aromatic carbocycles. The first kappa shape index (κ1) is 43.1. The number of ketones is 1. The second-order valence-electron chi connectivity index (χ2n) is 17.9. The molecule has 1 aliphatic carbocycles. The van der Waals surface area contributed by atoms with Crippen molar-refractivity contribution in [2.75, 3.05) is 13.7 Å². The first-order valence-corrected chi connectivity index (χ1v) is 21.9. The predicted octanol–water partition coefficient (Wildman–Crippen LogP) is 11.7. The van der Waals surface area contributed by atoms with Crippen molar-refractivity contribution in [3.05, 3.63) is 80.9 Å². The van der Waals surface area contributed by atoms with Crippen molar-refractivity contribution < 1.29 is 23.9 Å². The number of aryl methyl sites for hydroxylation is 1. The summed E-state index contributed by atoms with van der Waals surface area (Å²) >= 11 is 0. The topological polar surface area (TPSA) is 127 Å². The molecule has 58 heavy (non-hydrogen) atoms. The maximum absolute atomic E-state index is 13.5. The first-order valence-electron chi connectivity index (χ1n) is 21.9. The van der Waals surface area contributed by atoms with Crippen LogP contribution in [0.2, 0.25) is 0 Å². The van der Waals surface area contributed by atoms with E-state index in [1.807, 2.05) is 25.1 Å². The number of carbonyl (C=O) groups is 3. The number of methoxy groups -OCH3 is 1. The quantitative estimate of drug-likeness (QED) is 0.0840. The number of aromatic amines is 2. The molecule has 1 unspecified atom stereocenters. The van der Waals surface area contributed by atoms with Crippen LogP contribution < -0.4 is 0 Å². The van der Waals surface area contributed by atoms with Crippen LogP contribution in [0.5, 0.6) is 0 Å². The zero-order chi connectivity index (χ0) is 41.8. The third-order valence-electron chi connectivity index (χ3n) is 13.2. The van der Waals surface area contributed by atoms with Crippen LogP contribution in [-0.4, -0.2) is 51.4 Å². The minimum absolute atomic E-state index is 0.0163. The van der Waals surface area contributed by atoms with E-state index < -0.39 is 5.92 Å². The smallest absolute Gasteiger partial charge is 0.313 e. The summed E-state index contributed by atoms with van der Waals surface area (Å²) in [6.45, 7) is 19.4. The fraction of sp³-hybridized carbons (Fsp3) is 0.571. The van der Waals surface area contributed by atoms with Crippen molar-refractivity contribution in [2.24, 2.45) is 11.8 Å². The van der Waals surface area contributed by atoms with Crippen LogP contribution in [0.25, 0.3) is 22.1 Å². The van der Waals surface area contributed by atoms with Crippen molar-refractivity contribution in [1.29, 1.82) is 0 Å². The minimum Gasteiger partial charge on any atom is -0.469 e. The van der Waals surface area contributed by atoms with Gasteiger partial charge in [-0.15, -0.1) is 0 Å². The summed E-state index contributed by atoms with van der Waals surface area (Å²) in [7, 11) is 1.43. The molecule has 0 radical (unpaired) electrons. The Morgan fingerprint density at radius 1 is 0.879 bits per heavy atom. The monoisotopic (exact) mass is 791 g/mol. The number of Topliss-reactive ketones (excluding diaryl/α,β-unsaturated/α-hetero) is 1. The van der Waals surface area contributed by atoms with Gasteiger partial charge in [-0.25, -0.2) is 0 Å². The van der Waals surface area contributed by atoms with Gasteiger partial charge in [0, 0.05) is 74.9 Å². The molecule has 6 rings (SSSR count). The molecule has 0 fully saturated rings. The van der Waals surface area contributed by atoms with Crippen LogP contribution in [-0.2, 0) is 25.5 Å². The molecule has 2 aliphatic heterocycles. The van der Waals surface area contributed by atoms with Gasteiger partial charge in [0.25, 0.3) is 0 Å². The number of hydrogen-bond donors (Lipinski definition) is 2. The van der Waals surface area contributed by atoms with Gasteiger partial charge in [-0.3, -0.25) is 24.4 Å². The van der Waals surface area contributed by atoms with Gasteiger partial charge >= 0.3 is 11.9 Å². The Morgan fingerprint density at radius 3 is 2.29 bits per heavy atom. The van der Waals surface area contributed by atoms with E-state index in [0.29, 0.717) is 18.4 Å². The van der Waals surface area contributed by atoms with Gasteiger partial charge < -0.3 is 19.4 Å². The lowest BCUT2D eigenvalue weighted by Gasteiger charge is -2.19. The number of fused-ring (bicyclic) bond motifs is 8. The SMILES string of the molecule is CC[C@H]1c2cc3cc4c([nH]3)c(c3nc(cc5[nH]c(cc(n2)[C@@H]1C)c(C(C)=O)c5C)[C@@H](C)[C@@H]3CCC(=O)OC/C=C(\C)CCCC(C)CCCC(C)C)[C@@H](C(=O)OC)C4. The molecule has 0 saturated heterocycles. The Bertz CT molecular complexity index is 2210. The molecule has 312 valence electrons. The molecule has 0 saturated carbocycles. The highest BCUT2D eigenvalue weighted by atomic mass is 16.5. The highest BCUT2D eigenvalue weighted by Crippen LogP contribution is 2.47. The Morgan fingerprint density at radius 2 is 1.59 bits per heavy atom. The molecule has 9 heteroatoms. The second-order valence-corrected chi connectivity index (χ2v) is 17.9. The Balaban J connectivity index is 1.32. The Hall–Kier alpha value is -4.53. The van der Waals surface area contributed by atoms with Crippen molar-refractivity contribution in [2.45, 2.75) is 156 Å². The second kappa shape index (κ2) is 18.6. The number of ether oxygens (including phenoxy) is 2. The number of hydrogen-bond acceptors (Lipinski definition) is 7. The number of esters is 2. The van der Waals surface area contributed by atoms with Crippen LogP contribution in [0, 0.1) is 18.8 Å². The van der Waals surface area contributed by atoms with Gasteiger partial charge in [-0.1, -0.05) is 72.8 Å². The van der Waals surface area contributed by atoms with E-state index >= 15 is 0 Å². The van der Waals surface area contributed by atoms with Crippen LogP contribution >= 0.6 is 0 Å². The summed E-state index contributed by atoms with van der Waals surface area (Å²) in [5, 5.41) is 0. The summed E-state index contributed by atoms with van der Waals surface area (Å²) in [4.78, 5) is 57.6. The lowest BCUT2D eigenvalue weighted by molar-refractivity contribution is -0.143. The Kier molecular flexibility index (Phi) is 13.8. The van der Waals surface area contributed by atoms with E-state index in [1.54, 1.807) is 6.92 Å². The molecule has 9 nitrogen and oxygen atoms in total. The molecule has 3 aliphatic rings. The molecule has 3 aromatic heterocycles. The minimum atomic E-state index is -0.528. The third-order valence-corrected chi connectivity index (χ3v) is 13.2. The molecule has 6 atom stereocenters. The normalized spacial score (nSPS) is 20.7. The number of H-pyrrole nitrogens is 2. The van der Waals surface area contributed by atoms with Gasteiger partial charge in [0.05, 0.1) is 24.2 Å². The van der Waals surface area contributed by atoms with Gasteiger partial charge in [-0.2, -0.15) is 0 Å². The van der Waals surface area contributed by atoms with Gasteiger partial charge in [-0.05, 0) is 106 Å². The maximum Gasteiger partial charge on any atom is 0.313 e. The van der Waals surface area contributed by atoms with Gasteiger partial charge in [0.15, 0.2) is 5.78 Å². The lowest BCUT2D eigenvalue weighted by Crippen LogP contribution is -2.16. The van der Waals surface area contributed by atoms with Crippen molar-refractivity contribution in [3.63, 3.8) is 0 Å². The van der Waals surface area contributed by atoms with Crippen molar-refractivity contribution >= 4 is 39.8 Å². The first-order chi connectivity index (χ1) is 27.7. The van der Waals surface area contributed by atoms with Crippen molar-refractivity contribution in [3.8, 4) is 0 Å². The fourth-order valence-electron chi connectivity index (χ4n) is 9.66. The zero-order valence-electron chi connectivity index (χ0n) is 36.6. The number of nitrogens with zero attached hydrogens (tertiary/aromatic N) is 2. The lowest BCUT2D eigenvalue weighted by atomic mass is 9.84. The van der Waals surface area contributed by atoms with Crippen LogP contribution in [0.3, 0.4) is 0 Å². The highest BCUT2D eigenvalue weighted by Gasteiger charge is 2.40. The summed E-state index contributed by atoms with van der Waals surface area (Å²) in [6.07, 6.45) is 11.5. The van der Waals surface area contributed by atoms with Crippen LogP contribution in [0.15, 0.2) is 35.9 Å². The standard InChI is InChI=1S/C49H66N4O5/c1-11-36-30(6)39-26-43-45(33(9)54)32(8)41(52-43)25-40-31(7)37(18-19-44(55)58-21-20-29(5)17-13-16-28(4)15-12-14-27(2)3)48(53-40)46-38(49(56)57-10)23-34-22-35(50-47(34)46)24-42(36)51-39/h20,22,24-28,30-31,36-38,50,52H,11-19,21,23H2,1-10H3/b29-20+,35-24?,39-26?,40-25?,41-25?,42-24?,43-26?,48-46?/t28?,30-,31+,36-,37+,38+/m1/s1. The Labute approximate surface area is 345 Å². The van der Waals surface area contributed by atoms with Crippen molar-refractivity contribution in [1.82, 2.24) is 19.9 Å². The van der Waals surface area contributed by atoms with Crippen LogP contribution in [0.4, 0.5) is 0 Å². The summed E-state index contributed by atoms with van der Waals surface area (Å²) in [5.74, 6) is 0.546. The molecular formula is C49H66N4O5. The number of carbonyl (C=O) groups excluding carboxylic acids is 3. The molecule has 5 heterocycles. The number of nitrogens with one attached hydrogen (secondary N) is 2. The summed E-state index contributed by atoms with van der Waals surface area (Å²) in [5.41, 5.74) is 11.6. The molecule has 0 amide bonds. The van der Waals surface area contributed by atoms with Gasteiger partial charge in [0.1, 0.15) is 6.61 Å². The van der Waals surface area contributed by atoms with E-state index in [4.69, 9.17) is 19.4 Å². The highest BCUT2D eigenvalue weighted by molar-refractivity contribution is 6.04. The number of rotatable bonds is 16. The van der Waals surface area contributed by atoms with Crippen LogP contribution in [0.1, 0.15) is 193 Å². The zero-order valence-corrected chi connectivity index (χ0v) is 36.6. The summed E-state index contributed by atoms with van der Waals surface area (Å²) in [6, 6.07) is 8.33. The average Bonchev–Trinajstić information content (AvgIpc) is 3.94.